The van der Waals surface area contributed by atoms with E-state index in [1.165, 1.54) is 35.7 Å². The zero-order valence-electron chi connectivity index (χ0n) is 45.7. The maximum Gasteiger partial charge on any atom is 0.416 e. The molecule has 4 aliphatic rings. The first kappa shape index (κ1) is 60.6. The van der Waals surface area contributed by atoms with Crippen molar-refractivity contribution in [2.45, 2.75) is 210 Å². The first-order chi connectivity index (χ1) is 34.9. The Balaban J connectivity index is 1.22. The van der Waals surface area contributed by atoms with Crippen LogP contribution in [0.4, 0.5) is 23.7 Å². The number of aliphatic hydroxyl groups is 5. The van der Waals surface area contributed by atoms with Crippen molar-refractivity contribution in [1.82, 2.24) is 24.8 Å². The molecular weight excluding hydrogens is 990 g/mol. The van der Waals surface area contributed by atoms with Crippen molar-refractivity contribution in [3.8, 4) is 0 Å². The van der Waals surface area contributed by atoms with Crippen molar-refractivity contribution >= 4 is 17.7 Å². The lowest BCUT2D eigenvalue weighted by Gasteiger charge is -2.49. The molecule has 4 fully saturated rings. The lowest BCUT2D eigenvalue weighted by Crippen LogP contribution is -2.61. The number of methoxy groups -OCH3 is 1. The van der Waals surface area contributed by atoms with Crippen LogP contribution in [-0.4, -0.2) is 200 Å². The number of rotatable bonds is 13. The molecule has 6 rings (SSSR count). The van der Waals surface area contributed by atoms with E-state index in [0.29, 0.717) is 31.6 Å². The van der Waals surface area contributed by atoms with Crippen LogP contribution in [-0.2, 0) is 57.1 Å². The van der Waals surface area contributed by atoms with E-state index >= 15 is 0 Å². The number of alkyl halides is 3. The summed E-state index contributed by atoms with van der Waals surface area (Å²) in [5.41, 5.74) is -4.59. The van der Waals surface area contributed by atoms with Crippen molar-refractivity contribution in [2.75, 3.05) is 45.7 Å². The summed E-state index contributed by atoms with van der Waals surface area (Å²) in [5, 5.41) is 68.2. The molecule has 0 saturated carbocycles. The van der Waals surface area contributed by atoms with E-state index in [4.69, 9.17) is 33.2 Å². The van der Waals surface area contributed by atoms with Gasteiger partial charge in [-0.15, -0.1) is 5.10 Å². The van der Waals surface area contributed by atoms with E-state index in [2.05, 4.69) is 10.3 Å². The van der Waals surface area contributed by atoms with Crippen LogP contribution in [0, 0.1) is 17.8 Å². The molecule has 4 aliphatic heterocycles. The molecular formula is C52H83F3N6O14. The highest BCUT2D eigenvalue weighted by atomic mass is 19.4. The van der Waals surface area contributed by atoms with E-state index in [9.17, 15) is 48.3 Å². The van der Waals surface area contributed by atoms with Gasteiger partial charge in [0.15, 0.2) is 12.6 Å². The Bertz CT molecular complexity index is 2190. The lowest BCUT2D eigenvalue weighted by atomic mass is 9.77. The number of halogens is 3. The van der Waals surface area contributed by atoms with Crippen molar-refractivity contribution in [1.29, 1.82) is 0 Å². The normalized spacial score (nSPS) is 40.3. The van der Waals surface area contributed by atoms with Gasteiger partial charge in [0.25, 0.3) is 0 Å². The van der Waals surface area contributed by atoms with Gasteiger partial charge in [0.05, 0.1) is 65.9 Å². The lowest BCUT2D eigenvalue weighted by molar-refractivity contribution is -0.318. The van der Waals surface area contributed by atoms with Crippen LogP contribution in [0.2, 0.25) is 0 Å². The third-order valence-corrected chi connectivity index (χ3v) is 16.2. The van der Waals surface area contributed by atoms with Crippen LogP contribution < -0.4 is 4.90 Å². The molecule has 0 bridgehead atoms. The van der Waals surface area contributed by atoms with Crippen LogP contribution in [0.1, 0.15) is 106 Å². The largest absolute Gasteiger partial charge is 0.459 e. The summed E-state index contributed by atoms with van der Waals surface area (Å²) >= 11 is 0. The van der Waals surface area contributed by atoms with Crippen molar-refractivity contribution in [2.24, 2.45) is 17.8 Å². The zero-order chi connectivity index (χ0) is 55.7. The molecule has 1 amide bonds. The van der Waals surface area contributed by atoms with Crippen LogP contribution in [0.5, 0.6) is 0 Å². The number of hydrogen-bond donors (Lipinski definition) is 5. The Kier molecular flexibility index (Phi) is 19.6. The second-order valence-corrected chi connectivity index (χ2v) is 22.5. The maximum atomic E-state index is 14.5. The van der Waals surface area contributed by atoms with Gasteiger partial charge >= 0.3 is 18.2 Å². The fourth-order valence-electron chi connectivity index (χ4n) is 11.5. The number of aromatic nitrogens is 3. The molecule has 0 radical (unpaired) electrons. The first-order valence-electron chi connectivity index (χ1n) is 26.2. The monoisotopic (exact) mass is 1070 g/mol. The summed E-state index contributed by atoms with van der Waals surface area (Å²) in [7, 11) is 5.15. The fourth-order valence-corrected chi connectivity index (χ4v) is 11.5. The molecule has 19 atom stereocenters. The number of benzene rings is 1. The quantitative estimate of drug-likeness (QED) is 0.177. The smallest absolute Gasteiger partial charge is 0.416 e. The first-order valence-corrected chi connectivity index (χ1v) is 26.2. The molecule has 0 aliphatic carbocycles. The van der Waals surface area contributed by atoms with Crippen molar-refractivity contribution in [3.05, 3.63) is 41.7 Å². The Labute approximate surface area is 438 Å². The number of anilines is 1. The number of cyclic esters (lactones) is 2. The van der Waals surface area contributed by atoms with E-state index in [-0.39, 0.29) is 44.0 Å². The van der Waals surface area contributed by atoms with Gasteiger partial charge in [-0.3, -0.25) is 9.69 Å². The third kappa shape index (κ3) is 14.0. The van der Waals surface area contributed by atoms with Crippen LogP contribution in [0.25, 0.3) is 0 Å². The Morgan fingerprint density at radius 3 is 2.21 bits per heavy atom. The highest BCUT2D eigenvalue weighted by molar-refractivity contribution is 5.89. The van der Waals surface area contributed by atoms with Crippen LogP contribution in [0.15, 0.2) is 30.5 Å². The standard InChI is InChI=1S/C52H83F3N6O14/c1-14-39-51(10,68)43(63)32(6)59(12)24-28(2)22-49(8,67)45(30(4)42(31(5)46(65)73-39)74-40-23-50(9,69-13)44(64)33(7)71-40)75-47-41(62)38(21-29(3)70-47)58(11)20-19-35-25-60(57-56-35)26-37-27-61(48(66)72-37)36-17-15-34(16-18-36)52(53,54)55/h15-18,25,28-33,37-45,47,62-64,67-68H,14,19-24,26-27H2,1-13H3/t28-,29-,30+,31-,32-,33+,37+,38+,39-,40+,41-,42+,43-,44+,45-,47+,49-,50-,51-/m1/s1. The zero-order valence-corrected chi connectivity index (χ0v) is 45.7. The summed E-state index contributed by atoms with van der Waals surface area (Å²) < 4.78 is 84.6. The number of ether oxygens (including phenoxy) is 7. The number of nitrogens with zero attached hydrogens (tertiary/aromatic N) is 6. The topological polar surface area (TPSA) is 240 Å². The van der Waals surface area contributed by atoms with Gasteiger partial charge in [-0.1, -0.05) is 26.0 Å². The summed E-state index contributed by atoms with van der Waals surface area (Å²) in [6, 6.07) is 3.16. The Morgan fingerprint density at radius 1 is 0.920 bits per heavy atom. The van der Waals surface area contributed by atoms with Gasteiger partial charge in [-0.25, -0.2) is 9.48 Å². The van der Waals surface area contributed by atoms with Crippen LogP contribution in [0.3, 0.4) is 0 Å². The average Bonchev–Trinajstić information content (AvgIpc) is 3.96. The maximum absolute atomic E-state index is 14.5. The van der Waals surface area contributed by atoms with Gasteiger partial charge < -0.3 is 68.5 Å². The number of amides is 1. The Hall–Kier alpha value is -3.59. The van der Waals surface area contributed by atoms with E-state index in [1.54, 1.807) is 54.7 Å². The molecule has 1 aromatic carbocycles. The predicted molar refractivity (Wildman–Crippen MR) is 266 cm³/mol. The molecule has 5 N–H and O–H groups in total. The SMILES string of the molecule is CC[C@H]1OC(=O)[C@H](C)[C@@H](O[C@H]2C[C@@](C)(OC)[C@@H](O)[C@H](C)O2)[C@H](C)[C@@H](O[C@@H]2O[C@H](C)C[C@H](N(C)CCc3cn(C[C@H]4CN(c5ccc(C(F)(F)F)cc5)C(=O)O4)nn3)[C@H]2O)[C@](C)(O)C[C@@H](C)CN(C)[C@H](C)[C@@H](O)[C@]1(C)O. The van der Waals surface area contributed by atoms with Gasteiger partial charge in [0.1, 0.15) is 36.1 Å². The molecule has 5 heterocycles. The highest BCUT2D eigenvalue weighted by Gasteiger charge is 2.53. The molecule has 2 aromatic rings. The molecule has 0 spiro atoms. The van der Waals surface area contributed by atoms with Gasteiger partial charge in [0, 0.05) is 62.9 Å². The summed E-state index contributed by atoms with van der Waals surface area (Å²) in [6.07, 6.45) is -13.5. The summed E-state index contributed by atoms with van der Waals surface area (Å²) in [4.78, 5) is 32.3. The second kappa shape index (κ2) is 24.2. The number of hydrogen-bond acceptors (Lipinski definition) is 18. The van der Waals surface area contributed by atoms with E-state index in [1.807, 2.05) is 37.7 Å². The van der Waals surface area contributed by atoms with Gasteiger partial charge in [-0.05, 0) is 112 Å². The minimum absolute atomic E-state index is 0.0668. The van der Waals surface area contributed by atoms with Gasteiger partial charge in [-0.2, -0.15) is 13.2 Å². The number of carbonyl (C=O) groups excluding carboxylic acids is 2. The number of carbonyl (C=O) groups is 2. The van der Waals surface area contributed by atoms with Crippen molar-refractivity contribution in [3.63, 3.8) is 0 Å². The molecule has 75 heavy (non-hydrogen) atoms. The predicted octanol–water partition coefficient (Wildman–Crippen LogP) is 4.15. The fraction of sp³-hybridized carbons (Fsp3) is 0.808. The van der Waals surface area contributed by atoms with Crippen molar-refractivity contribution < 1.29 is 81.5 Å². The number of aliphatic hydroxyl groups excluding tert-OH is 3. The molecule has 23 heteroatoms. The number of likely N-dealkylation sites (N-methyl/N-ethyl adjacent to an activating group) is 2. The molecule has 20 nitrogen and oxygen atoms in total. The molecule has 426 valence electrons. The van der Waals surface area contributed by atoms with Crippen LogP contribution >= 0.6 is 0 Å². The number of esters is 1. The average molecular weight is 1070 g/mol. The van der Waals surface area contributed by atoms with E-state index in [0.717, 1.165) is 12.1 Å². The summed E-state index contributed by atoms with van der Waals surface area (Å²) in [6.45, 7) is 18.3. The molecule has 1 aromatic heterocycles. The summed E-state index contributed by atoms with van der Waals surface area (Å²) in [5.74, 6) is -2.95. The van der Waals surface area contributed by atoms with Gasteiger partial charge in [0.2, 0.25) is 0 Å². The second-order valence-electron chi connectivity index (χ2n) is 22.5. The highest BCUT2D eigenvalue weighted by Crippen LogP contribution is 2.41. The third-order valence-electron chi connectivity index (χ3n) is 16.2. The van der Waals surface area contributed by atoms with E-state index < -0.39 is 132 Å². The molecule has 4 saturated heterocycles. The minimum Gasteiger partial charge on any atom is -0.459 e. The minimum atomic E-state index is -4.51. The Morgan fingerprint density at radius 2 is 1.59 bits per heavy atom. The molecule has 0 unspecified atom stereocenters.